The average molecular weight is 381 g/mol. The van der Waals surface area contributed by atoms with Crippen LogP contribution in [0, 0.1) is 0 Å². The lowest BCUT2D eigenvalue weighted by Crippen LogP contribution is -2.33. The molecule has 1 aliphatic carbocycles. The number of ether oxygens (including phenoxy) is 1. The quantitative estimate of drug-likeness (QED) is 0.604. The van der Waals surface area contributed by atoms with Crippen LogP contribution >= 0.6 is 0 Å². The number of carbonyl (C=O) groups is 1. The van der Waals surface area contributed by atoms with E-state index in [-0.39, 0.29) is 5.91 Å². The Hall–Kier alpha value is -2.33. The van der Waals surface area contributed by atoms with Crippen LogP contribution in [0.3, 0.4) is 0 Å². The molecule has 2 aromatic rings. The third kappa shape index (κ3) is 6.38. The summed E-state index contributed by atoms with van der Waals surface area (Å²) in [5.74, 6) is 0.892. The zero-order chi connectivity index (χ0) is 19.6. The fraction of sp³-hybridized carbons (Fsp3) is 0.458. The van der Waals surface area contributed by atoms with Gasteiger partial charge in [0.2, 0.25) is 5.91 Å². The highest BCUT2D eigenvalue weighted by Gasteiger charge is 2.19. The number of nitrogens with one attached hydrogen (secondary N) is 1. The largest absolute Gasteiger partial charge is 0.494 e. The van der Waals surface area contributed by atoms with Crippen LogP contribution in [0.4, 0.5) is 5.69 Å². The fourth-order valence-corrected chi connectivity index (χ4v) is 3.85. The minimum atomic E-state index is 0.0458. The number of hydrogen-bond acceptors (Lipinski definition) is 3. The average Bonchev–Trinajstić information content (AvgIpc) is 2.74. The van der Waals surface area contributed by atoms with Gasteiger partial charge in [0.25, 0.3) is 0 Å². The highest BCUT2D eigenvalue weighted by Crippen LogP contribution is 2.25. The molecule has 2 aromatic carbocycles. The molecule has 1 N–H and O–H groups in total. The van der Waals surface area contributed by atoms with Gasteiger partial charge < -0.3 is 10.1 Å². The molecule has 3 rings (SSSR count). The fourth-order valence-electron chi connectivity index (χ4n) is 3.85. The molecule has 0 radical (unpaired) electrons. The van der Waals surface area contributed by atoms with E-state index in [0.29, 0.717) is 25.5 Å². The van der Waals surface area contributed by atoms with Gasteiger partial charge in [0, 0.05) is 24.7 Å². The van der Waals surface area contributed by atoms with Crippen molar-refractivity contribution in [1.82, 2.24) is 4.90 Å². The minimum absolute atomic E-state index is 0.0458. The maximum atomic E-state index is 12.4. The summed E-state index contributed by atoms with van der Waals surface area (Å²) in [5.41, 5.74) is 2.11. The molecule has 0 saturated heterocycles. The lowest BCUT2D eigenvalue weighted by Gasteiger charge is -2.31. The van der Waals surface area contributed by atoms with Crippen molar-refractivity contribution in [2.24, 2.45) is 0 Å². The summed E-state index contributed by atoms with van der Waals surface area (Å²) in [7, 11) is 2.20. The summed E-state index contributed by atoms with van der Waals surface area (Å²) < 4.78 is 5.66. The minimum Gasteiger partial charge on any atom is -0.494 e. The Balaban J connectivity index is 1.46. The molecule has 0 unspecified atom stereocenters. The Labute approximate surface area is 168 Å². The predicted octanol–water partition coefficient (Wildman–Crippen LogP) is 5.25. The second-order valence-corrected chi connectivity index (χ2v) is 7.68. The summed E-state index contributed by atoms with van der Waals surface area (Å²) in [6.07, 6.45) is 7.76. The van der Waals surface area contributed by atoms with Gasteiger partial charge in [-0.1, -0.05) is 55.7 Å². The summed E-state index contributed by atoms with van der Waals surface area (Å²) in [5, 5.41) is 3.10. The van der Waals surface area contributed by atoms with E-state index in [1.807, 2.05) is 48.5 Å². The zero-order valence-corrected chi connectivity index (χ0v) is 16.9. The van der Waals surface area contributed by atoms with E-state index in [1.54, 1.807) is 0 Å². The number of anilines is 1. The van der Waals surface area contributed by atoms with E-state index in [4.69, 9.17) is 4.74 Å². The highest BCUT2D eigenvalue weighted by atomic mass is 16.5. The number of rotatable bonds is 9. The third-order valence-electron chi connectivity index (χ3n) is 5.47. The molecule has 1 saturated carbocycles. The Kier molecular flexibility index (Phi) is 7.92. The van der Waals surface area contributed by atoms with Crippen molar-refractivity contribution >= 4 is 11.6 Å². The number of para-hydroxylation sites is 2. The number of carbonyl (C=O) groups excluding carboxylic acids is 1. The standard InChI is InChI=1S/C24H32N2O2/c1-26(21-12-4-2-5-13-21)19-20-11-8-9-16-23(20)25-24(27)17-10-18-28-22-14-6-3-7-15-22/h3,6-9,11,14-16,21H,2,4-5,10,12-13,17-19H2,1H3,(H,25,27). The Morgan fingerprint density at radius 2 is 1.75 bits per heavy atom. The molecule has 0 atom stereocenters. The van der Waals surface area contributed by atoms with Gasteiger partial charge in [-0.3, -0.25) is 9.69 Å². The van der Waals surface area contributed by atoms with E-state index in [2.05, 4.69) is 23.3 Å². The van der Waals surface area contributed by atoms with Crippen molar-refractivity contribution < 1.29 is 9.53 Å². The van der Waals surface area contributed by atoms with Crippen molar-refractivity contribution in [1.29, 1.82) is 0 Å². The Morgan fingerprint density at radius 1 is 1.04 bits per heavy atom. The van der Waals surface area contributed by atoms with Crippen molar-refractivity contribution in [3.63, 3.8) is 0 Å². The maximum absolute atomic E-state index is 12.4. The molecule has 1 aliphatic rings. The molecular weight excluding hydrogens is 348 g/mol. The van der Waals surface area contributed by atoms with Crippen LogP contribution in [-0.2, 0) is 11.3 Å². The predicted molar refractivity (Wildman–Crippen MR) is 115 cm³/mol. The number of benzene rings is 2. The first kappa shape index (κ1) is 20.4. The van der Waals surface area contributed by atoms with Crippen LogP contribution < -0.4 is 10.1 Å². The lowest BCUT2D eigenvalue weighted by molar-refractivity contribution is -0.116. The lowest BCUT2D eigenvalue weighted by atomic mass is 9.94. The van der Waals surface area contributed by atoms with Crippen molar-refractivity contribution in [2.75, 3.05) is 19.0 Å². The third-order valence-corrected chi connectivity index (χ3v) is 5.47. The zero-order valence-electron chi connectivity index (χ0n) is 16.9. The van der Waals surface area contributed by atoms with Gasteiger partial charge in [-0.25, -0.2) is 0 Å². The molecule has 0 spiro atoms. The van der Waals surface area contributed by atoms with E-state index in [1.165, 1.54) is 37.7 Å². The molecule has 150 valence electrons. The van der Waals surface area contributed by atoms with Gasteiger partial charge in [-0.15, -0.1) is 0 Å². The summed E-state index contributed by atoms with van der Waals surface area (Å²) in [6.45, 7) is 1.42. The normalized spacial score (nSPS) is 14.8. The molecule has 0 heterocycles. The number of hydrogen-bond donors (Lipinski definition) is 1. The molecule has 1 amide bonds. The van der Waals surface area contributed by atoms with Crippen LogP contribution in [0.2, 0.25) is 0 Å². The second kappa shape index (κ2) is 10.9. The molecule has 28 heavy (non-hydrogen) atoms. The maximum Gasteiger partial charge on any atom is 0.224 e. The van der Waals surface area contributed by atoms with E-state index < -0.39 is 0 Å². The van der Waals surface area contributed by atoms with Gasteiger partial charge in [-0.2, -0.15) is 0 Å². The first-order valence-corrected chi connectivity index (χ1v) is 10.5. The van der Waals surface area contributed by atoms with Crippen LogP contribution in [-0.4, -0.2) is 30.5 Å². The summed E-state index contributed by atoms with van der Waals surface area (Å²) in [4.78, 5) is 14.8. The molecule has 1 fully saturated rings. The number of amides is 1. The van der Waals surface area contributed by atoms with Gasteiger partial charge in [-0.05, 0) is 50.1 Å². The number of nitrogens with zero attached hydrogens (tertiary/aromatic N) is 1. The second-order valence-electron chi connectivity index (χ2n) is 7.68. The molecule has 0 aliphatic heterocycles. The van der Waals surface area contributed by atoms with Crippen molar-refractivity contribution in [3.05, 3.63) is 60.2 Å². The Bertz CT molecular complexity index is 726. The van der Waals surface area contributed by atoms with E-state index in [0.717, 1.165) is 18.0 Å². The first-order valence-electron chi connectivity index (χ1n) is 10.5. The first-order chi connectivity index (χ1) is 13.7. The summed E-state index contributed by atoms with van der Waals surface area (Å²) >= 11 is 0. The molecule has 0 aromatic heterocycles. The monoisotopic (exact) mass is 380 g/mol. The topological polar surface area (TPSA) is 41.6 Å². The Morgan fingerprint density at radius 3 is 2.54 bits per heavy atom. The highest BCUT2D eigenvalue weighted by molar-refractivity contribution is 5.91. The molecular formula is C24H32N2O2. The van der Waals surface area contributed by atoms with Crippen molar-refractivity contribution in [3.8, 4) is 5.75 Å². The van der Waals surface area contributed by atoms with Crippen LogP contribution in [0.15, 0.2) is 54.6 Å². The van der Waals surface area contributed by atoms with Gasteiger partial charge >= 0.3 is 0 Å². The van der Waals surface area contributed by atoms with E-state index in [9.17, 15) is 4.79 Å². The molecule has 0 bridgehead atoms. The SMILES string of the molecule is CN(Cc1ccccc1NC(=O)CCCOc1ccccc1)C1CCCCC1. The van der Waals surface area contributed by atoms with Gasteiger partial charge in [0.15, 0.2) is 0 Å². The molecule has 4 nitrogen and oxygen atoms in total. The van der Waals surface area contributed by atoms with Gasteiger partial charge in [0.1, 0.15) is 5.75 Å². The van der Waals surface area contributed by atoms with E-state index >= 15 is 0 Å². The van der Waals surface area contributed by atoms with Gasteiger partial charge in [0.05, 0.1) is 6.61 Å². The van der Waals surface area contributed by atoms with Crippen LogP contribution in [0.1, 0.15) is 50.5 Å². The van der Waals surface area contributed by atoms with Crippen LogP contribution in [0.25, 0.3) is 0 Å². The smallest absolute Gasteiger partial charge is 0.224 e. The van der Waals surface area contributed by atoms with Crippen LogP contribution in [0.5, 0.6) is 5.75 Å². The molecule has 4 heteroatoms. The summed E-state index contributed by atoms with van der Waals surface area (Å²) in [6, 6.07) is 18.5. The van der Waals surface area contributed by atoms with Crippen molar-refractivity contribution in [2.45, 2.75) is 57.5 Å².